The van der Waals surface area contributed by atoms with Crippen molar-refractivity contribution in [3.05, 3.63) is 36.1 Å². The van der Waals surface area contributed by atoms with Crippen molar-refractivity contribution in [3.8, 4) is 0 Å². The van der Waals surface area contributed by atoms with Crippen LogP contribution in [0.25, 0.3) is 0 Å². The lowest BCUT2D eigenvalue weighted by Gasteiger charge is -2.15. The molecule has 1 amide bonds. The monoisotopic (exact) mass is 222 g/mol. The molecule has 1 aromatic rings. The Morgan fingerprint density at radius 3 is 3.00 bits per heavy atom. The molecule has 78 valence electrons. The molecule has 0 radical (unpaired) electrons. The molecule has 1 aliphatic rings. The number of halogens is 1. The predicted octanol–water partition coefficient (Wildman–Crippen LogP) is 2.27. The zero-order chi connectivity index (χ0) is 10.8. The van der Waals surface area contributed by atoms with E-state index in [1.54, 1.807) is 23.4 Å². The molecular weight excluding hydrogens is 212 g/mol. The zero-order valence-corrected chi connectivity index (χ0v) is 8.94. The highest BCUT2D eigenvalue weighted by Crippen LogP contribution is 2.26. The highest BCUT2D eigenvalue weighted by molar-refractivity contribution is 6.30. The van der Waals surface area contributed by atoms with Crippen LogP contribution >= 0.6 is 11.6 Å². The lowest BCUT2D eigenvalue weighted by Crippen LogP contribution is -2.24. The lowest BCUT2D eigenvalue weighted by atomic mass is 10.1. The lowest BCUT2D eigenvalue weighted by molar-refractivity contribution is -0.117. The molecule has 0 N–H and O–H groups in total. The third-order valence-electron chi connectivity index (χ3n) is 2.49. The normalized spacial score (nSPS) is 20.7. The van der Waals surface area contributed by atoms with Crippen molar-refractivity contribution in [2.45, 2.75) is 6.42 Å². The van der Waals surface area contributed by atoms with Gasteiger partial charge in [0, 0.05) is 25.1 Å². The van der Waals surface area contributed by atoms with E-state index in [4.69, 9.17) is 11.6 Å². The van der Waals surface area contributed by atoms with Crippen LogP contribution in [0.1, 0.15) is 6.42 Å². The van der Waals surface area contributed by atoms with E-state index < -0.39 is 0 Å². The summed E-state index contributed by atoms with van der Waals surface area (Å²) in [5.74, 6) is 0.334. The summed E-state index contributed by atoms with van der Waals surface area (Å²) in [6.45, 7) is 4.37. The Hall–Kier alpha value is -1.35. The van der Waals surface area contributed by atoms with Crippen molar-refractivity contribution in [2.75, 3.05) is 11.4 Å². The maximum Gasteiger partial charge on any atom is 0.227 e. The van der Waals surface area contributed by atoms with Gasteiger partial charge in [-0.1, -0.05) is 17.7 Å². The number of carbonyl (C=O) groups excluding carboxylic acids is 1. The third-order valence-corrected chi connectivity index (χ3v) is 2.70. The number of pyridine rings is 1. The number of amides is 1. The Morgan fingerprint density at radius 2 is 2.40 bits per heavy atom. The van der Waals surface area contributed by atoms with Gasteiger partial charge in [0.05, 0.1) is 16.9 Å². The second-order valence-corrected chi connectivity index (χ2v) is 4.00. The molecule has 0 bridgehead atoms. The van der Waals surface area contributed by atoms with E-state index in [9.17, 15) is 4.79 Å². The minimum absolute atomic E-state index is 0.101. The van der Waals surface area contributed by atoms with Gasteiger partial charge in [-0.2, -0.15) is 0 Å². The Labute approximate surface area is 93.4 Å². The molecule has 1 aromatic heterocycles. The van der Waals surface area contributed by atoms with E-state index in [0.717, 1.165) is 5.69 Å². The molecule has 0 spiro atoms. The minimum atomic E-state index is 0.101. The summed E-state index contributed by atoms with van der Waals surface area (Å²) in [5, 5.41) is 0.544. The van der Waals surface area contributed by atoms with E-state index >= 15 is 0 Å². The molecule has 1 atom stereocenters. The number of aromatic nitrogens is 1. The molecule has 2 rings (SSSR count). The molecule has 15 heavy (non-hydrogen) atoms. The fourth-order valence-corrected chi connectivity index (χ4v) is 1.86. The molecule has 1 saturated heterocycles. The SMILES string of the molecule is C=CC1CC(=O)N(c2cncc(Cl)c2)C1. The third kappa shape index (κ3) is 2.02. The topological polar surface area (TPSA) is 33.2 Å². The van der Waals surface area contributed by atoms with Gasteiger partial charge < -0.3 is 4.90 Å². The summed E-state index contributed by atoms with van der Waals surface area (Å²) in [7, 11) is 0. The van der Waals surface area contributed by atoms with Crippen LogP contribution in [0.3, 0.4) is 0 Å². The number of hydrogen-bond acceptors (Lipinski definition) is 2. The summed E-state index contributed by atoms with van der Waals surface area (Å²) < 4.78 is 0. The fourth-order valence-electron chi connectivity index (χ4n) is 1.69. The summed E-state index contributed by atoms with van der Waals surface area (Å²) in [6, 6.07) is 1.75. The minimum Gasteiger partial charge on any atom is -0.310 e. The first-order chi connectivity index (χ1) is 7.20. The van der Waals surface area contributed by atoms with Gasteiger partial charge in [0.25, 0.3) is 0 Å². The van der Waals surface area contributed by atoms with Gasteiger partial charge in [0.1, 0.15) is 0 Å². The van der Waals surface area contributed by atoms with Gasteiger partial charge >= 0.3 is 0 Å². The molecule has 4 heteroatoms. The van der Waals surface area contributed by atoms with Gasteiger partial charge in [-0.05, 0) is 6.07 Å². The van der Waals surface area contributed by atoms with E-state index in [2.05, 4.69) is 11.6 Å². The highest BCUT2D eigenvalue weighted by atomic mass is 35.5. The number of nitrogens with zero attached hydrogens (tertiary/aromatic N) is 2. The number of anilines is 1. The van der Waals surface area contributed by atoms with Crippen LogP contribution in [0.15, 0.2) is 31.1 Å². The first kappa shape index (κ1) is 10.2. The van der Waals surface area contributed by atoms with Gasteiger partial charge in [0.15, 0.2) is 0 Å². The molecule has 0 saturated carbocycles. The number of carbonyl (C=O) groups is 1. The fraction of sp³-hybridized carbons (Fsp3) is 0.273. The quantitative estimate of drug-likeness (QED) is 0.720. The van der Waals surface area contributed by atoms with Crippen molar-refractivity contribution in [1.29, 1.82) is 0 Å². The summed E-state index contributed by atoms with van der Waals surface area (Å²) in [4.78, 5) is 17.3. The van der Waals surface area contributed by atoms with Gasteiger partial charge in [0.2, 0.25) is 5.91 Å². The average Bonchev–Trinajstić information content (AvgIpc) is 2.60. The first-order valence-electron chi connectivity index (χ1n) is 4.74. The van der Waals surface area contributed by atoms with Crippen LogP contribution in [-0.4, -0.2) is 17.4 Å². The zero-order valence-electron chi connectivity index (χ0n) is 8.19. The molecule has 1 fully saturated rings. The second-order valence-electron chi connectivity index (χ2n) is 3.57. The Bertz CT molecular complexity index is 405. The standard InChI is InChI=1S/C11H11ClN2O/c1-2-8-3-11(15)14(7-8)10-4-9(12)5-13-6-10/h2,4-6,8H,1,3,7H2. The Balaban J connectivity index is 2.25. The van der Waals surface area contributed by atoms with E-state index in [-0.39, 0.29) is 11.8 Å². The van der Waals surface area contributed by atoms with Crippen molar-refractivity contribution >= 4 is 23.2 Å². The summed E-state index contributed by atoms with van der Waals surface area (Å²) in [6.07, 6.45) is 5.54. The largest absolute Gasteiger partial charge is 0.310 e. The van der Waals surface area contributed by atoms with E-state index in [1.807, 2.05) is 6.08 Å². The van der Waals surface area contributed by atoms with Gasteiger partial charge in [-0.15, -0.1) is 6.58 Å². The maximum absolute atomic E-state index is 11.7. The predicted molar refractivity (Wildman–Crippen MR) is 59.9 cm³/mol. The van der Waals surface area contributed by atoms with E-state index in [0.29, 0.717) is 18.0 Å². The molecule has 2 heterocycles. The van der Waals surface area contributed by atoms with Crippen LogP contribution in [0, 0.1) is 5.92 Å². The molecular formula is C11H11ClN2O. The van der Waals surface area contributed by atoms with Crippen molar-refractivity contribution in [2.24, 2.45) is 5.92 Å². The van der Waals surface area contributed by atoms with Crippen molar-refractivity contribution in [3.63, 3.8) is 0 Å². The van der Waals surface area contributed by atoms with Gasteiger partial charge in [-0.3, -0.25) is 9.78 Å². The highest BCUT2D eigenvalue weighted by Gasteiger charge is 2.28. The second kappa shape index (κ2) is 4.03. The maximum atomic E-state index is 11.7. The van der Waals surface area contributed by atoms with Crippen LogP contribution in [0.4, 0.5) is 5.69 Å². The van der Waals surface area contributed by atoms with Gasteiger partial charge in [-0.25, -0.2) is 0 Å². The van der Waals surface area contributed by atoms with Crippen LogP contribution in [0.2, 0.25) is 5.02 Å². The van der Waals surface area contributed by atoms with Crippen molar-refractivity contribution in [1.82, 2.24) is 4.98 Å². The van der Waals surface area contributed by atoms with E-state index in [1.165, 1.54) is 0 Å². The average molecular weight is 223 g/mol. The first-order valence-corrected chi connectivity index (χ1v) is 5.12. The summed E-state index contributed by atoms with van der Waals surface area (Å²) in [5.41, 5.74) is 0.761. The van der Waals surface area contributed by atoms with Crippen LogP contribution in [0.5, 0.6) is 0 Å². The molecule has 1 unspecified atom stereocenters. The number of rotatable bonds is 2. The molecule has 0 aromatic carbocycles. The molecule has 1 aliphatic heterocycles. The van der Waals surface area contributed by atoms with Crippen LogP contribution < -0.4 is 4.90 Å². The molecule has 3 nitrogen and oxygen atoms in total. The number of hydrogen-bond donors (Lipinski definition) is 0. The molecule has 0 aliphatic carbocycles. The Morgan fingerprint density at radius 1 is 1.60 bits per heavy atom. The summed E-state index contributed by atoms with van der Waals surface area (Å²) >= 11 is 5.82. The smallest absolute Gasteiger partial charge is 0.227 e. The van der Waals surface area contributed by atoms with Crippen LogP contribution in [-0.2, 0) is 4.79 Å². The Kier molecular flexibility index (Phi) is 2.73. The van der Waals surface area contributed by atoms with Crippen molar-refractivity contribution < 1.29 is 4.79 Å².